The average molecular weight is 383 g/mol. The summed E-state index contributed by atoms with van der Waals surface area (Å²) in [6.07, 6.45) is 2.46. The smallest absolute Gasteiger partial charge is 0.322 e. The molecule has 0 unspecified atom stereocenters. The molecule has 1 N–H and O–H groups in total. The number of rotatable bonds is 6. The number of furan rings is 1. The minimum Gasteiger partial charge on any atom is -0.467 e. The molecule has 142 valence electrons. The number of anilines is 1. The SMILES string of the molecule is CC(C)(C)c1ccc(NC(=O)N(CCc2cccs2)Cc2ccco2)cc1. The van der Waals surface area contributed by atoms with E-state index >= 15 is 0 Å². The van der Waals surface area contributed by atoms with Gasteiger partial charge in [-0.1, -0.05) is 39.0 Å². The molecule has 0 atom stereocenters. The number of benzene rings is 1. The zero-order valence-electron chi connectivity index (χ0n) is 16.1. The van der Waals surface area contributed by atoms with Crippen LogP contribution in [0, 0.1) is 0 Å². The summed E-state index contributed by atoms with van der Waals surface area (Å²) < 4.78 is 5.44. The van der Waals surface area contributed by atoms with Gasteiger partial charge in [0.25, 0.3) is 0 Å². The first-order valence-corrected chi connectivity index (χ1v) is 10.0. The summed E-state index contributed by atoms with van der Waals surface area (Å²) in [7, 11) is 0. The number of thiophene rings is 1. The van der Waals surface area contributed by atoms with Crippen molar-refractivity contribution in [2.45, 2.75) is 39.2 Å². The van der Waals surface area contributed by atoms with E-state index in [0.29, 0.717) is 13.1 Å². The number of carbonyl (C=O) groups is 1. The summed E-state index contributed by atoms with van der Waals surface area (Å²) in [6.45, 7) is 7.61. The monoisotopic (exact) mass is 382 g/mol. The third-order valence-electron chi connectivity index (χ3n) is 4.42. The maximum absolute atomic E-state index is 12.9. The quantitative estimate of drug-likeness (QED) is 0.575. The lowest BCUT2D eigenvalue weighted by Gasteiger charge is -2.23. The summed E-state index contributed by atoms with van der Waals surface area (Å²) in [5.74, 6) is 0.777. The minimum atomic E-state index is -0.119. The van der Waals surface area contributed by atoms with Gasteiger partial charge >= 0.3 is 6.03 Å². The van der Waals surface area contributed by atoms with Crippen molar-refractivity contribution in [3.63, 3.8) is 0 Å². The zero-order chi connectivity index (χ0) is 19.3. The lowest BCUT2D eigenvalue weighted by atomic mass is 9.87. The highest BCUT2D eigenvalue weighted by molar-refractivity contribution is 7.09. The molecule has 0 aliphatic heterocycles. The first-order chi connectivity index (χ1) is 12.9. The molecule has 0 fully saturated rings. The van der Waals surface area contributed by atoms with Gasteiger partial charge in [-0.2, -0.15) is 0 Å². The summed E-state index contributed by atoms with van der Waals surface area (Å²) >= 11 is 1.71. The van der Waals surface area contributed by atoms with Crippen molar-refractivity contribution in [2.24, 2.45) is 0 Å². The van der Waals surface area contributed by atoms with Gasteiger partial charge in [-0.25, -0.2) is 4.79 Å². The van der Waals surface area contributed by atoms with Crippen LogP contribution in [0.25, 0.3) is 0 Å². The van der Waals surface area contributed by atoms with Gasteiger partial charge in [0.05, 0.1) is 12.8 Å². The number of nitrogens with zero attached hydrogens (tertiary/aromatic N) is 1. The molecule has 27 heavy (non-hydrogen) atoms. The van der Waals surface area contributed by atoms with E-state index < -0.39 is 0 Å². The van der Waals surface area contributed by atoms with Gasteiger partial charge < -0.3 is 14.6 Å². The number of hydrogen-bond donors (Lipinski definition) is 1. The molecule has 3 rings (SSSR count). The summed E-state index contributed by atoms with van der Waals surface area (Å²) in [5.41, 5.74) is 2.13. The highest BCUT2D eigenvalue weighted by atomic mass is 32.1. The highest BCUT2D eigenvalue weighted by Gasteiger charge is 2.17. The molecule has 2 aromatic heterocycles. The van der Waals surface area contributed by atoms with Crippen LogP contribution in [0.4, 0.5) is 10.5 Å². The predicted molar refractivity (Wildman–Crippen MR) is 111 cm³/mol. The normalized spacial score (nSPS) is 11.4. The van der Waals surface area contributed by atoms with Crippen molar-refractivity contribution in [1.29, 1.82) is 0 Å². The first kappa shape index (κ1) is 19.2. The molecule has 2 heterocycles. The van der Waals surface area contributed by atoms with E-state index in [4.69, 9.17) is 4.42 Å². The summed E-state index contributed by atoms with van der Waals surface area (Å²) in [4.78, 5) is 15.9. The van der Waals surface area contributed by atoms with Crippen LogP contribution < -0.4 is 5.32 Å². The van der Waals surface area contributed by atoms with Crippen molar-refractivity contribution in [3.05, 3.63) is 76.4 Å². The number of carbonyl (C=O) groups excluding carboxylic acids is 1. The van der Waals surface area contributed by atoms with Gasteiger partial charge in [0.1, 0.15) is 5.76 Å². The molecule has 4 nitrogen and oxygen atoms in total. The lowest BCUT2D eigenvalue weighted by molar-refractivity contribution is 0.205. The standard InChI is InChI=1S/C22H26N2O2S/c1-22(2,3)17-8-10-18(11-9-17)23-21(25)24(16-19-6-4-14-26-19)13-12-20-7-5-15-27-20/h4-11,14-15H,12-13,16H2,1-3H3,(H,23,25). The van der Waals surface area contributed by atoms with Gasteiger partial charge in [-0.3, -0.25) is 0 Å². The van der Waals surface area contributed by atoms with Crippen LogP contribution in [0.15, 0.2) is 64.6 Å². The molecular formula is C22H26N2O2S. The average Bonchev–Trinajstić information content (AvgIpc) is 3.32. The highest BCUT2D eigenvalue weighted by Crippen LogP contribution is 2.23. The molecule has 0 aliphatic carbocycles. The molecule has 2 amide bonds. The zero-order valence-corrected chi connectivity index (χ0v) is 16.9. The molecule has 5 heteroatoms. The van der Waals surface area contributed by atoms with Crippen molar-refractivity contribution in [2.75, 3.05) is 11.9 Å². The Morgan fingerprint density at radius 1 is 1.11 bits per heavy atom. The van der Waals surface area contributed by atoms with Crippen LogP contribution in [0.1, 0.15) is 37.0 Å². The number of amides is 2. The predicted octanol–water partition coefficient (Wildman–Crippen LogP) is 5.92. The van der Waals surface area contributed by atoms with E-state index in [1.54, 1.807) is 22.5 Å². The maximum atomic E-state index is 12.9. The van der Waals surface area contributed by atoms with E-state index in [1.165, 1.54) is 10.4 Å². The summed E-state index contributed by atoms with van der Waals surface area (Å²) in [5, 5.41) is 5.07. The second-order valence-corrected chi connectivity index (χ2v) is 8.62. The van der Waals surface area contributed by atoms with Crippen molar-refractivity contribution in [3.8, 4) is 0 Å². The summed E-state index contributed by atoms with van der Waals surface area (Å²) in [6, 6.07) is 15.8. The second-order valence-electron chi connectivity index (χ2n) is 7.59. The largest absolute Gasteiger partial charge is 0.467 e. The Labute approximate surface area is 164 Å². The molecule has 0 aliphatic rings. The topological polar surface area (TPSA) is 45.5 Å². The van der Waals surface area contributed by atoms with E-state index in [2.05, 4.69) is 49.7 Å². The van der Waals surface area contributed by atoms with Gasteiger partial charge in [0.2, 0.25) is 0 Å². The fourth-order valence-electron chi connectivity index (χ4n) is 2.80. The Morgan fingerprint density at radius 3 is 2.48 bits per heavy atom. The van der Waals surface area contributed by atoms with Crippen LogP contribution in [0.3, 0.4) is 0 Å². The number of hydrogen-bond acceptors (Lipinski definition) is 3. The Hall–Kier alpha value is -2.53. The minimum absolute atomic E-state index is 0.0918. The van der Waals surface area contributed by atoms with Gasteiger partial charge in [0, 0.05) is 17.1 Å². The Morgan fingerprint density at radius 2 is 1.89 bits per heavy atom. The molecule has 0 radical (unpaired) electrons. The van der Waals surface area contributed by atoms with Crippen molar-refractivity contribution < 1.29 is 9.21 Å². The first-order valence-electron chi connectivity index (χ1n) is 9.13. The van der Waals surface area contributed by atoms with Crippen molar-refractivity contribution in [1.82, 2.24) is 4.90 Å². The van der Waals surface area contributed by atoms with E-state index in [0.717, 1.165) is 17.9 Å². The van der Waals surface area contributed by atoms with Gasteiger partial charge in [0.15, 0.2) is 0 Å². The third kappa shape index (κ3) is 5.47. The molecule has 0 spiro atoms. The van der Waals surface area contributed by atoms with Crippen LogP contribution in [-0.4, -0.2) is 17.5 Å². The van der Waals surface area contributed by atoms with Crippen LogP contribution in [0.2, 0.25) is 0 Å². The van der Waals surface area contributed by atoms with E-state index in [-0.39, 0.29) is 11.4 Å². The fourth-order valence-corrected chi connectivity index (χ4v) is 3.50. The maximum Gasteiger partial charge on any atom is 0.322 e. The lowest BCUT2D eigenvalue weighted by Crippen LogP contribution is -2.35. The fraction of sp³-hybridized carbons (Fsp3) is 0.318. The molecule has 1 aromatic carbocycles. The second kappa shape index (κ2) is 8.44. The number of nitrogens with one attached hydrogen (secondary N) is 1. The van der Waals surface area contributed by atoms with Gasteiger partial charge in [-0.05, 0) is 53.1 Å². The third-order valence-corrected chi connectivity index (χ3v) is 5.36. The Bertz CT molecular complexity index is 832. The van der Waals surface area contributed by atoms with Crippen LogP contribution >= 0.6 is 11.3 Å². The van der Waals surface area contributed by atoms with E-state index in [1.807, 2.05) is 30.3 Å². The molecular weight excluding hydrogens is 356 g/mol. The van der Waals surface area contributed by atoms with Crippen LogP contribution in [-0.2, 0) is 18.4 Å². The van der Waals surface area contributed by atoms with E-state index in [9.17, 15) is 4.79 Å². The number of urea groups is 1. The molecule has 0 bridgehead atoms. The van der Waals surface area contributed by atoms with Crippen LogP contribution in [0.5, 0.6) is 0 Å². The molecule has 0 saturated heterocycles. The van der Waals surface area contributed by atoms with Crippen molar-refractivity contribution >= 4 is 23.1 Å². The van der Waals surface area contributed by atoms with Gasteiger partial charge in [-0.15, -0.1) is 11.3 Å². The molecule has 0 saturated carbocycles. The molecule has 3 aromatic rings. The Kier molecular flexibility index (Phi) is 6.01. The Balaban J connectivity index is 1.67.